The minimum atomic E-state index is 0.757. The summed E-state index contributed by atoms with van der Waals surface area (Å²) in [6, 6.07) is 10.3. The van der Waals surface area contributed by atoms with E-state index < -0.39 is 0 Å². The third kappa shape index (κ3) is 4.03. The van der Waals surface area contributed by atoms with Crippen molar-refractivity contribution in [3.63, 3.8) is 0 Å². The minimum absolute atomic E-state index is 0.757. The van der Waals surface area contributed by atoms with Crippen molar-refractivity contribution in [2.24, 2.45) is 45.8 Å². The van der Waals surface area contributed by atoms with E-state index >= 15 is 0 Å². The number of benzene rings is 1. The van der Waals surface area contributed by atoms with Gasteiger partial charge >= 0.3 is 0 Å². The quantitative estimate of drug-likeness (QED) is 0.444. The molecule has 2 atom stereocenters. The zero-order valence-corrected chi connectivity index (χ0v) is 20.7. The second kappa shape index (κ2) is 8.19. The second-order valence-corrected chi connectivity index (χ2v) is 13.3. The fourth-order valence-corrected chi connectivity index (χ4v) is 10.6. The molecule has 0 saturated heterocycles. The SMILES string of the molecule is CC12CC3CC(C1)CC(C14CC5CC(CC(C5)C1)C4)(C3)C2.COC.Cc1ccccc1. The Morgan fingerprint density at radius 1 is 0.645 bits per heavy atom. The van der Waals surface area contributed by atoms with Gasteiger partial charge in [0, 0.05) is 14.2 Å². The van der Waals surface area contributed by atoms with E-state index in [2.05, 4.69) is 30.7 Å². The van der Waals surface area contributed by atoms with Gasteiger partial charge in [-0.1, -0.05) is 42.8 Å². The van der Waals surface area contributed by atoms with Gasteiger partial charge in [0.05, 0.1) is 0 Å². The lowest BCUT2D eigenvalue weighted by atomic mass is 9.33. The molecule has 1 heteroatoms. The van der Waals surface area contributed by atoms with Gasteiger partial charge in [0.2, 0.25) is 0 Å². The van der Waals surface area contributed by atoms with E-state index in [1.807, 2.05) is 18.2 Å². The van der Waals surface area contributed by atoms with Crippen LogP contribution in [-0.2, 0) is 4.74 Å². The van der Waals surface area contributed by atoms with E-state index in [0.717, 1.165) is 45.8 Å². The van der Waals surface area contributed by atoms with Gasteiger partial charge in [0.25, 0.3) is 0 Å². The average Bonchev–Trinajstić information content (AvgIpc) is 2.67. The fourth-order valence-electron chi connectivity index (χ4n) is 10.6. The van der Waals surface area contributed by atoms with Gasteiger partial charge in [-0.25, -0.2) is 0 Å². The molecule has 0 spiro atoms. The highest BCUT2D eigenvalue weighted by Crippen LogP contribution is 2.76. The summed E-state index contributed by atoms with van der Waals surface area (Å²) in [5, 5.41) is 0. The smallest absolute Gasteiger partial charge is 0.0351 e. The maximum absolute atomic E-state index is 4.25. The lowest BCUT2D eigenvalue weighted by molar-refractivity contribution is -0.217. The second-order valence-electron chi connectivity index (χ2n) is 13.3. The number of aryl methyl sites for hydroxylation is 1. The minimum Gasteiger partial charge on any atom is -0.388 e. The Kier molecular flexibility index (Phi) is 5.81. The van der Waals surface area contributed by atoms with Gasteiger partial charge in [-0.2, -0.15) is 0 Å². The predicted octanol–water partition coefficient (Wildman–Crippen LogP) is 8.07. The van der Waals surface area contributed by atoms with E-state index in [1.54, 1.807) is 91.3 Å². The summed E-state index contributed by atoms with van der Waals surface area (Å²) in [6.45, 7) is 4.76. The Labute approximate surface area is 191 Å². The Balaban J connectivity index is 0.000000173. The first kappa shape index (κ1) is 22.0. The predicted molar refractivity (Wildman–Crippen MR) is 130 cm³/mol. The van der Waals surface area contributed by atoms with Crippen molar-refractivity contribution in [1.82, 2.24) is 0 Å². The van der Waals surface area contributed by atoms with Crippen LogP contribution in [0.25, 0.3) is 0 Å². The molecule has 1 aromatic rings. The van der Waals surface area contributed by atoms with Crippen LogP contribution in [0.4, 0.5) is 0 Å². The van der Waals surface area contributed by atoms with Crippen molar-refractivity contribution >= 4 is 0 Å². The average molecular weight is 423 g/mol. The molecule has 0 N–H and O–H groups in total. The van der Waals surface area contributed by atoms with Gasteiger partial charge in [0.1, 0.15) is 0 Å². The highest BCUT2D eigenvalue weighted by molar-refractivity contribution is 5.16. The van der Waals surface area contributed by atoms with Crippen molar-refractivity contribution in [1.29, 1.82) is 0 Å². The van der Waals surface area contributed by atoms with Crippen molar-refractivity contribution < 1.29 is 4.74 Å². The molecule has 8 bridgehead atoms. The summed E-state index contributed by atoms with van der Waals surface area (Å²) in [5.74, 6) is 5.71. The van der Waals surface area contributed by atoms with Crippen LogP contribution < -0.4 is 0 Å². The number of hydrogen-bond acceptors (Lipinski definition) is 1. The monoisotopic (exact) mass is 422 g/mol. The Morgan fingerprint density at radius 3 is 1.45 bits per heavy atom. The molecule has 0 aromatic heterocycles. The lowest BCUT2D eigenvalue weighted by Crippen LogP contribution is -2.62. The van der Waals surface area contributed by atoms with Gasteiger partial charge in [-0.3, -0.25) is 0 Å². The molecular formula is C30H46O. The van der Waals surface area contributed by atoms with Gasteiger partial charge in [-0.05, 0) is 130 Å². The van der Waals surface area contributed by atoms with Crippen LogP contribution in [-0.4, -0.2) is 14.2 Å². The van der Waals surface area contributed by atoms with E-state index in [4.69, 9.17) is 0 Å². The first-order valence-corrected chi connectivity index (χ1v) is 13.3. The van der Waals surface area contributed by atoms with Crippen LogP contribution in [0.15, 0.2) is 30.3 Å². The maximum Gasteiger partial charge on any atom is 0.0351 e. The van der Waals surface area contributed by atoms with Crippen LogP contribution in [0.5, 0.6) is 0 Å². The lowest BCUT2D eigenvalue weighted by Gasteiger charge is -2.72. The maximum atomic E-state index is 4.25. The van der Waals surface area contributed by atoms with E-state index in [-0.39, 0.29) is 0 Å². The number of hydrogen-bond donors (Lipinski definition) is 0. The molecule has 8 fully saturated rings. The molecular weight excluding hydrogens is 376 g/mol. The summed E-state index contributed by atoms with van der Waals surface area (Å²) < 4.78 is 4.25. The standard InChI is InChI=1S/C21H32.C7H8.C2H6O/c1-19-6-17-5-18(7-19)12-21(11-17,13-19)20-8-14-2-15(9-20)4-16(3-14)10-20;1-7-5-3-2-4-6-7;1-3-2/h14-18H,2-13H2,1H3;2-6H,1H3;1-2H3. The molecule has 0 radical (unpaired) electrons. The van der Waals surface area contributed by atoms with Crippen molar-refractivity contribution in [3.05, 3.63) is 35.9 Å². The zero-order valence-electron chi connectivity index (χ0n) is 20.7. The molecule has 2 unspecified atom stereocenters. The summed E-state index contributed by atoms with van der Waals surface area (Å²) in [7, 11) is 3.25. The highest BCUT2D eigenvalue weighted by atomic mass is 16.4. The molecule has 1 aromatic carbocycles. The first-order valence-electron chi connectivity index (χ1n) is 13.3. The summed E-state index contributed by atoms with van der Waals surface area (Å²) in [6.07, 6.45) is 19.6. The molecule has 31 heavy (non-hydrogen) atoms. The van der Waals surface area contributed by atoms with Crippen LogP contribution in [0.2, 0.25) is 0 Å². The first-order chi connectivity index (χ1) is 14.9. The van der Waals surface area contributed by atoms with Crippen LogP contribution in [0.1, 0.15) is 89.5 Å². The van der Waals surface area contributed by atoms with Gasteiger partial charge in [0.15, 0.2) is 0 Å². The Hall–Kier alpha value is -0.820. The third-order valence-corrected chi connectivity index (χ3v) is 10.5. The molecule has 0 amide bonds. The summed E-state index contributed by atoms with van der Waals surface area (Å²) >= 11 is 0. The highest BCUT2D eigenvalue weighted by Gasteiger charge is 2.66. The molecule has 8 aliphatic carbocycles. The third-order valence-electron chi connectivity index (χ3n) is 10.5. The van der Waals surface area contributed by atoms with Crippen LogP contribution in [0.3, 0.4) is 0 Å². The molecule has 0 aliphatic heterocycles. The fraction of sp³-hybridized carbons (Fsp3) is 0.800. The van der Waals surface area contributed by atoms with E-state index in [0.29, 0.717) is 0 Å². The summed E-state index contributed by atoms with van der Waals surface area (Å²) in [5.41, 5.74) is 3.73. The van der Waals surface area contributed by atoms with Crippen molar-refractivity contribution in [2.75, 3.05) is 14.2 Å². The van der Waals surface area contributed by atoms with E-state index in [9.17, 15) is 0 Å². The van der Waals surface area contributed by atoms with E-state index in [1.165, 1.54) is 5.56 Å². The Morgan fingerprint density at radius 2 is 1.06 bits per heavy atom. The van der Waals surface area contributed by atoms with Gasteiger partial charge in [-0.15, -0.1) is 0 Å². The van der Waals surface area contributed by atoms with Gasteiger partial charge < -0.3 is 4.74 Å². The normalized spacial score (nSPS) is 47.9. The van der Waals surface area contributed by atoms with Crippen LogP contribution in [0, 0.1) is 52.8 Å². The Bertz CT molecular complexity index is 700. The largest absolute Gasteiger partial charge is 0.388 e. The molecule has 8 aliphatic rings. The number of methoxy groups -OCH3 is 1. The summed E-state index contributed by atoms with van der Waals surface area (Å²) in [4.78, 5) is 0. The topological polar surface area (TPSA) is 9.23 Å². The molecule has 172 valence electrons. The number of rotatable bonds is 1. The van der Waals surface area contributed by atoms with Crippen LogP contribution >= 0.6 is 0 Å². The van der Waals surface area contributed by atoms with Crippen molar-refractivity contribution in [3.8, 4) is 0 Å². The zero-order chi connectivity index (χ0) is 21.7. The molecule has 8 saturated carbocycles. The molecule has 1 nitrogen and oxygen atoms in total. The van der Waals surface area contributed by atoms with Crippen molar-refractivity contribution in [2.45, 2.75) is 90.9 Å². The number of ether oxygens (including phenoxy) is 1. The molecule has 9 rings (SSSR count). The molecule has 0 heterocycles.